The average molecular weight is 228 g/mol. The van der Waals surface area contributed by atoms with Gasteiger partial charge in [0.1, 0.15) is 12.9 Å². The molecule has 2 saturated heterocycles. The first-order valence-electron chi connectivity index (χ1n) is 6.62. The van der Waals surface area contributed by atoms with Gasteiger partial charge < -0.3 is 14.2 Å². The highest BCUT2D eigenvalue weighted by molar-refractivity contribution is 4.91. The van der Waals surface area contributed by atoms with E-state index >= 15 is 0 Å². The van der Waals surface area contributed by atoms with Gasteiger partial charge in [0, 0.05) is 0 Å². The van der Waals surface area contributed by atoms with Crippen LogP contribution < -0.4 is 0 Å². The molecule has 0 spiro atoms. The maximum Gasteiger partial charge on any atom is 0.147 e. The Morgan fingerprint density at radius 3 is 2.75 bits per heavy atom. The van der Waals surface area contributed by atoms with Crippen LogP contribution in [0.1, 0.15) is 40.0 Å². The fourth-order valence-corrected chi connectivity index (χ4v) is 3.21. The summed E-state index contributed by atoms with van der Waals surface area (Å²) in [6, 6.07) is 0. The summed E-state index contributed by atoms with van der Waals surface area (Å²) in [5, 5.41) is 0. The third-order valence-corrected chi connectivity index (χ3v) is 4.06. The molecular formula is C13H24O3. The molecule has 0 radical (unpaired) electrons. The molecule has 2 heterocycles. The SMILES string of the molecule is CCCC1OC2COCOC2C(C)C1CC. The average Bonchev–Trinajstić information content (AvgIpc) is 2.30. The summed E-state index contributed by atoms with van der Waals surface area (Å²) < 4.78 is 17.2. The maximum atomic E-state index is 6.15. The Morgan fingerprint density at radius 1 is 1.25 bits per heavy atom. The van der Waals surface area contributed by atoms with Crippen molar-refractivity contribution in [1.29, 1.82) is 0 Å². The van der Waals surface area contributed by atoms with Crippen LogP contribution in [0.3, 0.4) is 0 Å². The predicted molar refractivity (Wildman–Crippen MR) is 62.2 cm³/mol. The van der Waals surface area contributed by atoms with Gasteiger partial charge in [-0.25, -0.2) is 0 Å². The highest BCUT2D eigenvalue weighted by Gasteiger charge is 2.44. The van der Waals surface area contributed by atoms with Gasteiger partial charge in [-0.05, 0) is 18.3 Å². The van der Waals surface area contributed by atoms with Gasteiger partial charge in [0.15, 0.2) is 0 Å². The van der Waals surface area contributed by atoms with E-state index in [-0.39, 0.29) is 12.2 Å². The van der Waals surface area contributed by atoms with Crippen LogP contribution in [0, 0.1) is 11.8 Å². The summed E-state index contributed by atoms with van der Waals surface area (Å²) in [7, 11) is 0. The summed E-state index contributed by atoms with van der Waals surface area (Å²) in [6.45, 7) is 7.92. The first kappa shape index (κ1) is 12.3. The molecule has 2 aliphatic rings. The zero-order valence-electron chi connectivity index (χ0n) is 10.6. The Labute approximate surface area is 98.4 Å². The number of hydrogen-bond donors (Lipinski definition) is 0. The summed E-state index contributed by atoms with van der Waals surface area (Å²) in [5.41, 5.74) is 0. The van der Waals surface area contributed by atoms with Crippen molar-refractivity contribution in [2.75, 3.05) is 13.4 Å². The zero-order valence-corrected chi connectivity index (χ0v) is 10.6. The van der Waals surface area contributed by atoms with E-state index in [2.05, 4.69) is 20.8 Å². The Kier molecular flexibility index (Phi) is 4.22. The summed E-state index contributed by atoms with van der Waals surface area (Å²) in [4.78, 5) is 0. The lowest BCUT2D eigenvalue weighted by molar-refractivity contribution is -0.271. The van der Waals surface area contributed by atoms with Gasteiger partial charge in [0.25, 0.3) is 0 Å². The molecule has 0 amide bonds. The normalized spacial score (nSPS) is 44.1. The second-order valence-electron chi connectivity index (χ2n) is 5.05. The van der Waals surface area contributed by atoms with Crippen molar-refractivity contribution in [2.24, 2.45) is 11.8 Å². The molecule has 16 heavy (non-hydrogen) atoms. The minimum Gasteiger partial charge on any atom is -0.370 e. The minimum absolute atomic E-state index is 0.156. The Balaban J connectivity index is 2.06. The highest BCUT2D eigenvalue weighted by Crippen LogP contribution is 2.37. The molecule has 94 valence electrons. The third-order valence-electron chi connectivity index (χ3n) is 4.06. The molecule has 0 aromatic rings. The van der Waals surface area contributed by atoms with Crippen LogP contribution >= 0.6 is 0 Å². The monoisotopic (exact) mass is 228 g/mol. The first-order valence-corrected chi connectivity index (χ1v) is 6.62. The Bertz CT molecular complexity index is 217. The van der Waals surface area contributed by atoms with Gasteiger partial charge in [-0.1, -0.05) is 33.6 Å². The fraction of sp³-hybridized carbons (Fsp3) is 1.00. The van der Waals surface area contributed by atoms with Crippen molar-refractivity contribution in [3.63, 3.8) is 0 Å². The molecule has 5 atom stereocenters. The molecule has 5 unspecified atom stereocenters. The van der Waals surface area contributed by atoms with E-state index in [9.17, 15) is 0 Å². The van der Waals surface area contributed by atoms with E-state index in [0.29, 0.717) is 31.3 Å². The molecule has 0 saturated carbocycles. The number of ether oxygens (including phenoxy) is 3. The van der Waals surface area contributed by atoms with Gasteiger partial charge in [0.05, 0.1) is 18.8 Å². The smallest absolute Gasteiger partial charge is 0.147 e. The van der Waals surface area contributed by atoms with Crippen molar-refractivity contribution in [3.05, 3.63) is 0 Å². The molecule has 0 aromatic heterocycles. The topological polar surface area (TPSA) is 27.7 Å². The Hall–Kier alpha value is -0.120. The quantitative estimate of drug-likeness (QED) is 0.743. The van der Waals surface area contributed by atoms with E-state index < -0.39 is 0 Å². The van der Waals surface area contributed by atoms with Crippen molar-refractivity contribution in [1.82, 2.24) is 0 Å². The van der Waals surface area contributed by atoms with Gasteiger partial charge in [-0.15, -0.1) is 0 Å². The lowest BCUT2D eigenvalue weighted by Gasteiger charge is -2.47. The number of hydrogen-bond acceptors (Lipinski definition) is 3. The predicted octanol–water partition coefficient (Wildman–Crippen LogP) is 2.59. The van der Waals surface area contributed by atoms with Crippen molar-refractivity contribution < 1.29 is 14.2 Å². The van der Waals surface area contributed by atoms with E-state index in [1.807, 2.05) is 0 Å². The Morgan fingerprint density at radius 2 is 2.06 bits per heavy atom. The van der Waals surface area contributed by atoms with Gasteiger partial charge in [-0.2, -0.15) is 0 Å². The summed E-state index contributed by atoms with van der Waals surface area (Å²) in [6.07, 6.45) is 4.32. The molecule has 3 heteroatoms. The van der Waals surface area contributed by atoms with Crippen molar-refractivity contribution >= 4 is 0 Å². The van der Waals surface area contributed by atoms with E-state index in [4.69, 9.17) is 14.2 Å². The van der Waals surface area contributed by atoms with Crippen LogP contribution in [0.15, 0.2) is 0 Å². The maximum absolute atomic E-state index is 6.15. The standard InChI is InChI=1S/C13H24O3/c1-4-6-11-10(5-2)9(3)13-12(16-11)7-14-8-15-13/h9-13H,4-8H2,1-3H3. The molecule has 2 fully saturated rings. The molecule has 0 bridgehead atoms. The third kappa shape index (κ3) is 2.27. The first-order chi connectivity index (χ1) is 7.77. The molecule has 2 rings (SSSR count). The van der Waals surface area contributed by atoms with E-state index in [1.54, 1.807) is 0 Å². The van der Waals surface area contributed by atoms with Crippen LogP contribution in [0.5, 0.6) is 0 Å². The summed E-state index contributed by atoms with van der Waals surface area (Å²) in [5.74, 6) is 1.23. The zero-order chi connectivity index (χ0) is 11.5. The fourth-order valence-electron chi connectivity index (χ4n) is 3.21. The summed E-state index contributed by atoms with van der Waals surface area (Å²) >= 11 is 0. The lowest BCUT2D eigenvalue weighted by atomic mass is 9.77. The molecular weight excluding hydrogens is 204 g/mol. The number of rotatable bonds is 3. The van der Waals surface area contributed by atoms with Crippen LogP contribution in [-0.2, 0) is 14.2 Å². The largest absolute Gasteiger partial charge is 0.370 e. The van der Waals surface area contributed by atoms with Crippen molar-refractivity contribution in [2.45, 2.75) is 58.3 Å². The second-order valence-corrected chi connectivity index (χ2v) is 5.05. The van der Waals surface area contributed by atoms with Crippen LogP contribution in [0.25, 0.3) is 0 Å². The molecule has 2 aliphatic heterocycles. The van der Waals surface area contributed by atoms with E-state index in [0.717, 1.165) is 6.42 Å². The number of fused-ring (bicyclic) bond motifs is 1. The van der Waals surface area contributed by atoms with Gasteiger partial charge in [0.2, 0.25) is 0 Å². The lowest BCUT2D eigenvalue weighted by Crippen LogP contribution is -2.55. The molecule has 0 aromatic carbocycles. The molecule has 0 aliphatic carbocycles. The van der Waals surface area contributed by atoms with Crippen LogP contribution in [-0.4, -0.2) is 31.7 Å². The molecule has 0 N–H and O–H groups in total. The van der Waals surface area contributed by atoms with Gasteiger partial charge in [-0.3, -0.25) is 0 Å². The van der Waals surface area contributed by atoms with E-state index in [1.165, 1.54) is 12.8 Å². The van der Waals surface area contributed by atoms with Crippen molar-refractivity contribution in [3.8, 4) is 0 Å². The molecule has 3 nitrogen and oxygen atoms in total. The van der Waals surface area contributed by atoms with Gasteiger partial charge >= 0.3 is 0 Å². The van der Waals surface area contributed by atoms with Crippen LogP contribution in [0.2, 0.25) is 0 Å². The highest BCUT2D eigenvalue weighted by atomic mass is 16.7. The van der Waals surface area contributed by atoms with Crippen LogP contribution in [0.4, 0.5) is 0 Å². The second kappa shape index (κ2) is 5.48. The minimum atomic E-state index is 0.156.